The highest BCUT2D eigenvalue weighted by atomic mass is 15.2. The number of rotatable bonds is 2. The molecular formula is C16H14N4. The van der Waals surface area contributed by atoms with E-state index in [9.17, 15) is 5.26 Å². The molecule has 0 amide bonds. The first kappa shape index (κ1) is 12.4. The summed E-state index contributed by atoms with van der Waals surface area (Å²) in [4.78, 5) is 4.49. The van der Waals surface area contributed by atoms with Gasteiger partial charge in [-0.25, -0.2) is 0 Å². The van der Waals surface area contributed by atoms with E-state index in [4.69, 9.17) is 0 Å². The Balaban J connectivity index is 2.34. The van der Waals surface area contributed by atoms with Crippen LogP contribution in [0.5, 0.6) is 0 Å². The van der Waals surface area contributed by atoms with Gasteiger partial charge in [0.1, 0.15) is 6.07 Å². The van der Waals surface area contributed by atoms with Crippen molar-refractivity contribution >= 4 is 10.8 Å². The van der Waals surface area contributed by atoms with Gasteiger partial charge in [0.25, 0.3) is 0 Å². The summed E-state index contributed by atoms with van der Waals surface area (Å²) in [5.41, 5.74) is 3.39. The van der Waals surface area contributed by atoms with E-state index in [-0.39, 0.29) is 0 Å². The molecule has 0 unspecified atom stereocenters. The Bertz CT molecular complexity index is 824. The van der Waals surface area contributed by atoms with Gasteiger partial charge in [0.2, 0.25) is 0 Å². The molecule has 0 saturated heterocycles. The van der Waals surface area contributed by atoms with E-state index in [0.717, 1.165) is 22.8 Å². The van der Waals surface area contributed by atoms with Crippen molar-refractivity contribution in [1.82, 2.24) is 14.8 Å². The minimum atomic E-state index is 0.616. The number of nitrogens with zero attached hydrogens (tertiary/aromatic N) is 4. The summed E-state index contributed by atoms with van der Waals surface area (Å²) in [6.07, 6.45) is 6.39. The van der Waals surface area contributed by atoms with Gasteiger partial charge in [0.05, 0.1) is 17.5 Å². The third-order valence-corrected chi connectivity index (χ3v) is 3.50. The maximum atomic E-state index is 9.53. The summed E-state index contributed by atoms with van der Waals surface area (Å²) >= 11 is 0. The molecule has 0 N–H and O–H groups in total. The predicted molar refractivity (Wildman–Crippen MR) is 78.0 cm³/mol. The van der Waals surface area contributed by atoms with Crippen LogP contribution >= 0.6 is 0 Å². The molecule has 0 fully saturated rings. The van der Waals surface area contributed by atoms with Crippen molar-refractivity contribution in [3.8, 4) is 17.3 Å². The lowest BCUT2D eigenvalue weighted by Gasteiger charge is -2.08. The fourth-order valence-electron chi connectivity index (χ4n) is 2.49. The zero-order chi connectivity index (χ0) is 14.1. The average molecular weight is 262 g/mol. The molecule has 0 atom stereocenters. The van der Waals surface area contributed by atoms with Gasteiger partial charge in [-0.1, -0.05) is 25.1 Å². The molecule has 3 aromatic rings. The van der Waals surface area contributed by atoms with Crippen LogP contribution in [0.2, 0.25) is 0 Å². The van der Waals surface area contributed by atoms with E-state index in [1.807, 2.05) is 31.6 Å². The quantitative estimate of drug-likeness (QED) is 0.713. The summed E-state index contributed by atoms with van der Waals surface area (Å²) in [5, 5.41) is 15.7. The molecule has 4 heteroatoms. The Hall–Kier alpha value is -2.67. The number of pyridine rings is 1. The second-order valence-electron chi connectivity index (χ2n) is 4.73. The van der Waals surface area contributed by atoms with Crippen molar-refractivity contribution in [2.75, 3.05) is 0 Å². The van der Waals surface area contributed by atoms with Gasteiger partial charge in [0, 0.05) is 35.8 Å². The minimum absolute atomic E-state index is 0.616. The van der Waals surface area contributed by atoms with Gasteiger partial charge in [-0.15, -0.1) is 0 Å². The first-order valence-corrected chi connectivity index (χ1v) is 6.54. The van der Waals surface area contributed by atoms with E-state index in [1.165, 1.54) is 5.56 Å². The molecule has 0 saturated carbocycles. The molecule has 1 aromatic carbocycles. The number of aromatic nitrogens is 3. The van der Waals surface area contributed by atoms with E-state index in [0.29, 0.717) is 11.3 Å². The van der Waals surface area contributed by atoms with Gasteiger partial charge in [-0.2, -0.15) is 10.4 Å². The van der Waals surface area contributed by atoms with Crippen molar-refractivity contribution in [3.05, 3.63) is 47.9 Å². The van der Waals surface area contributed by atoms with Crippen molar-refractivity contribution in [2.45, 2.75) is 13.3 Å². The highest BCUT2D eigenvalue weighted by Crippen LogP contribution is 2.29. The first-order chi connectivity index (χ1) is 9.74. The number of hydrogen-bond donors (Lipinski definition) is 0. The number of benzene rings is 1. The Labute approximate surface area is 117 Å². The maximum Gasteiger partial charge on any atom is 0.102 e. The molecule has 0 aliphatic rings. The zero-order valence-corrected chi connectivity index (χ0v) is 11.5. The van der Waals surface area contributed by atoms with Gasteiger partial charge in [0.15, 0.2) is 0 Å². The van der Waals surface area contributed by atoms with Crippen LogP contribution in [0, 0.1) is 11.3 Å². The summed E-state index contributed by atoms with van der Waals surface area (Å²) in [5.74, 6) is 0. The average Bonchev–Trinajstić information content (AvgIpc) is 2.91. The van der Waals surface area contributed by atoms with Crippen LogP contribution in [0.4, 0.5) is 0 Å². The number of nitriles is 1. The second kappa shape index (κ2) is 4.78. The molecule has 0 aliphatic carbocycles. The normalized spacial score (nSPS) is 10.7. The van der Waals surface area contributed by atoms with Crippen molar-refractivity contribution < 1.29 is 0 Å². The molecule has 0 spiro atoms. The second-order valence-corrected chi connectivity index (χ2v) is 4.73. The molecule has 0 aliphatic heterocycles. The highest BCUT2D eigenvalue weighted by molar-refractivity contribution is 5.94. The fraction of sp³-hybridized carbons (Fsp3) is 0.188. The van der Waals surface area contributed by atoms with Crippen molar-refractivity contribution in [3.63, 3.8) is 0 Å². The zero-order valence-electron chi connectivity index (χ0n) is 11.5. The topological polar surface area (TPSA) is 54.5 Å². The SMILES string of the molecule is CCc1cccc2c(C#N)c(-c3cnn(C)c3)ncc12. The lowest BCUT2D eigenvalue weighted by Crippen LogP contribution is -1.93. The summed E-state index contributed by atoms with van der Waals surface area (Å²) in [6, 6.07) is 8.35. The Morgan fingerprint density at radius 2 is 2.10 bits per heavy atom. The van der Waals surface area contributed by atoms with Crippen LogP contribution in [0.1, 0.15) is 18.1 Å². The van der Waals surface area contributed by atoms with E-state index < -0.39 is 0 Å². The maximum absolute atomic E-state index is 9.53. The van der Waals surface area contributed by atoms with Gasteiger partial charge in [-0.3, -0.25) is 9.67 Å². The van der Waals surface area contributed by atoms with Gasteiger partial charge in [-0.05, 0) is 12.0 Å². The van der Waals surface area contributed by atoms with Crippen LogP contribution in [0.15, 0.2) is 36.8 Å². The van der Waals surface area contributed by atoms with Crippen LogP contribution in [-0.4, -0.2) is 14.8 Å². The van der Waals surface area contributed by atoms with E-state index >= 15 is 0 Å². The monoisotopic (exact) mass is 262 g/mol. The Morgan fingerprint density at radius 1 is 1.25 bits per heavy atom. The van der Waals surface area contributed by atoms with Crippen LogP contribution in [0.25, 0.3) is 22.0 Å². The Kier molecular flexibility index (Phi) is 2.96. The molecule has 3 rings (SSSR count). The third kappa shape index (κ3) is 1.84. The van der Waals surface area contributed by atoms with Gasteiger partial charge >= 0.3 is 0 Å². The van der Waals surface area contributed by atoms with Crippen molar-refractivity contribution in [1.29, 1.82) is 5.26 Å². The number of hydrogen-bond acceptors (Lipinski definition) is 3. The van der Waals surface area contributed by atoms with Crippen LogP contribution < -0.4 is 0 Å². The summed E-state index contributed by atoms with van der Waals surface area (Å²) < 4.78 is 1.71. The summed E-state index contributed by atoms with van der Waals surface area (Å²) in [6.45, 7) is 2.11. The first-order valence-electron chi connectivity index (χ1n) is 6.54. The molecule has 98 valence electrons. The van der Waals surface area contributed by atoms with Gasteiger partial charge < -0.3 is 0 Å². The minimum Gasteiger partial charge on any atom is -0.275 e. The van der Waals surface area contributed by atoms with E-state index in [2.05, 4.69) is 29.1 Å². The fourth-order valence-corrected chi connectivity index (χ4v) is 2.49. The molecule has 20 heavy (non-hydrogen) atoms. The lowest BCUT2D eigenvalue weighted by atomic mass is 9.98. The predicted octanol–water partition coefficient (Wildman–Crippen LogP) is 3.07. The van der Waals surface area contributed by atoms with Crippen molar-refractivity contribution in [2.24, 2.45) is 7.05 Å². The largest absolute Gasteiger partial charge is 0.275 e. The van der Waals surface area contributed by atoms with Crippen LogP contribution in [0.3, 0.4) is 0 Å². The molecule has 4 nitrogen and oxygen atoms in total. The number of fused-ring (bicyclic) bond motifs is 1. The van der Waals surface area contributed by atoms with Crippen LogP contribution in [-0.2, 0) is 13.5 Å². The standard InChI is InChI=1S/C16H14N4/c1-3-11-5-4-6-13-14(7-17)16(18-9-15(11)13)12-8-19-20(2)10-12/h4-6,8-10H,3H2,1-2H3. The molecule has 0 bridgehead atoms. The lowest BCUT2D eigenvalue weighted by molar-refractivity contribution is 0.768. The van der Waals surface area contributed by atoms with E-state index in [1.54, 1.807) is 10.9 Å². The molecular weight excluding hydrogens is 248 g/mol. The number of aryl methyl sites for hydroxylation is 2. The molecule has 0 radical (unpaired) electrons. The third-order valence-electron chi connectivity index (χ3n) is 3.50. The highest BCUT2D eigenvalue weighted by Gasteiger charge is 2.13. The smallest absolute Gasteiger partial charge is 0.102 e. The molecule has 2 heterocycles. The summed E-state index contributed by atoms with van der Waals surface area (Å²) in [7, 11) is 1.85. The molecule has 2 aromatic heterocycles. The Morgan fingerprint density at radius 3 is 2.75 bits per heavy atom.